The van der Waals surface area contributed by atoms with E-state index in [2.05, 4.69) is 12.2 Å². The minimum atomic E-state index is -1.27. The number of nitrogens with zero attached hydrogens (tertiary/aromatic N) is 1. The molecule has 0 aliphatic rings. The van der Waals surface area contributed by atoms with Crippen molar-refractivity contribution in [1.29, 1.82) is 0 Å². The van der Waals surface area contributed by atoms with Crippen LogP contribution >= 0.6 is 0 Å². The highest BCUT2D eigenvalue weighted by Gasteiger charge is 2.22. The van der Waals surface area contributed by atoms with Gasteiger partial charge in [0.2, 0.25) is 0 Å². The third-order valence-electron chi connectivity index (χ3n) is 2.56. The lowest BCUT2D eigenvalue weighted by Crippen LogP contribution is -2.17. The van der Waals surface area contributed by atoms with Crippen molar-refractivity contribution in [1.82, 2.24) is 5.32 Å². The summed E-state index contributed by atoms with van der Waals surface area (Å²) in [4.78, 5) is 21.2. The fraction of sp³-hybridized carbons (Fsp3) is 0.417. The Balaban J connectivity index is 2.93. The highest BCUT2D eigenvalue weighted by atomic mass is 16.6. The summed E-state index contributed by atoms with van der Waals surface area (Å²) in [6, 6.07) is 4.30. The Hall–Kier alpha value is -1.95. The number of hydrogen-bond donors (Lipinski definition) is 2. The van der Waals surface area contributed by atoms with E-state index >= 15 is 0 Å². The van der Waals surface area contributed by atoms with E-state index < -0.39 is 10.9 Å². The van der Waals surface area contributed by atoms with E-state index in [-0.39, 0.29) is 11.3 Å². The quantitative estimate of drug-likeness (QED) is 0.441. The van der Waals surface area contributed by atoms with E-state index in [1.807, 2.05) is 0 Å². The average Bonchev–Trinajstić information content (AvgIpc) is 2.33. The van der Waals surface area contributed by atoms with E-state index in [1.165, 1.54) is 12.1 Å². The number of nitrogens with one attached hydrogen (secondary N) is 1. The van der Waals surface area contributed by atoms with Crippen molar-refractivity contribution in [2.24, 2.45) is 0 Å². The highest BCUT2D eigenvalue weighted by molar-refractivity contribution is 5.94. The van der Waals surface area contributed by atoms with Gasteiger partial charge in [0.15, 0.2) is 0 Å². The van der Waals surface area contributed by atoms with Crippen molar-refractivity contribution < 1.29 is 14.8 Å². The molecule has 0 spiro atoms. The topological polar surface area (TPSA) is 92.5 Å². The van der Waals surface area contributed by atoms with Gasteiger partial charge in [-0.25, -0.2) is 4.79 Å². The van der Waals surface area contributed by atoms with Crippen LogP contribution in [0.3, 0.4) is 0 Å². The molecule has 0 amide bonds. The number of nitro groups is 1. The molecule has 0 saturated heterocycles. The van der Waals surface area contributed by atoms with Crippen LogP contribution in [0.5, 0.6) is 0 Å². The predicted molar refractivity (Wildman–Crippen MR) is 66.7 cm³/mol. The van der Waals surface area contributed by atoms with Crippen LogP contribution in [0.15, 0.2) is 18.2 Å². The summed E-state index contributed by atoms with van der Waals surface area (Å²) < 4.78 is 0. The average molecular weight is 252 g/mol. The Kier molecular flexibility index (Phi) is 5.26. The SMILES string of the molecule is CCCCNCc1cccc([N+](=O)[O-])c1C(=O)O. The van der Waals surface area contributed by atoms with Gasteiger partial charge < -0.3 is 10.4 Å². The van der Waals surface area contributed by atoms with Gasteiger partial charge >= 0.3 is 5.97 Å². The maximum absolute atomic E-state index is 11.1. The summed E-state index contributed by atoms with van der Waals surface area (Å²) in [6.07, 6.45) is 2.02. The fourth-order valence-electron chi connectivity index (χ4n) is 1.66. The van der Waals surface area contributed by atoms with Gasteiger partial charge in [0.05, 0.1) is 4.92 Å². The molecule has 0 unspecified atom stereocenters. The van der Waals surface area contributed by atoms with Crippen molar-refractivity contribution in [3.05, 3.63) is 39.4 Å². The number of rotatable bonds is 7. The Morgan fingerprint density at radius 3 is 2.78 bits per heavy atom. The first-order valence-electron chi connectivity index (χ1n) is 5.78. The van der Waals surface area contributed by atoms with Crippen LogP contribution in [0.2, 0.25) is 0 Å². The normalized spacial score (nSPS) is 10.3. The van der Waals surface area contributed by atoms with Crippen LogP contribution in [-0.4, -0.2) is 22.5 Å². The second kappa shape index (κ2) is 6.70. The minimum absolute atomic E-state index is 0.230. The molecule has 18 heavy (non-hydrogen) atoms. The number of unbranched alkanes of at least 4 members (excludes halogenated alkanes) is 1. The van der Waals surface area contributed by atoms with Crippen molar-refractivity contribution in [2.45, 2.75) is 26.3 Å². The molecule has 6 heteroatoms. The van der Waals surface area contributed by atoms with Gasteiger partial charge in [-0.15, -0.1) is 0 Å². The van der Waals surface area contributed by atoms with E-state index in [0.29, 0.717) is 12.1 Å². The lowest BCUT2D eigenvalue weighted by Gasteiger charge is -2.07. The van der Waals surface area contributed by atoms with Crippen molar-refractivity contribution >= 4 is 11.7 Å². The first-order valence-corrected chi connectivity index (χ1v) is 5.78. The van der Waals surface area contributed by atoms with Gasteiger partial charge in [-0.1, -0.05) is 25.5 Å². The van der Waals surface area contributed by atoms with Crippen LogP contribution in [0.4, 0.5) is 5.69 Å². The fourth-order valence-corrected chi connectivity index (χ4v) is 1.66. The zero-order chi connectivity index (χ0) is 13.5. The zero-order valence-corrected chi connectivity index (χ0v) is 10.2. The highest BCUT2D eigenvalue weighted by Crippen LogP contribution is 2.22. The monoisotopic (exact) mass is 252 g/mol. The lowest BCUT2D eigenvalue weighted by atomic mass is 10.1. The molecular weight excluding hydrogens is 236 g/mol. The number of benzene rings is 1. The van der Waals surface area contributed by atoms with Crippen molar-refractivity contribution in [3.8, 4) is 0 Å². The van der Waals surface area contributed by atoms with Crippen molar-refractivity contribution in [3.63, 3.8) is 0 Å². The van der Waals surface area contributed by atoms with Gasteiger partial charge in [-0.2, -0.15) is 0 Å². The van der Waals surface area contributed by atoms with E-state index in [9.17, 15) is 14.9 Å². The molecule has 0 radical (unpaired) electrons. The van der Waals surface area contributed by atoms with Crippen molar-refractivity contribution in [2.75, 3.05) is 6.54 Å². The molecule has 0 bridgehead atoms. The summed E-state index contributed by atoms with van der Waals surface area (Å²) in [7, 11) is 0. The number of nitro benzene ring substituents is 1. The van der Waals surface area contributed by atoms with Gasteiger partial charge in [0.25, 0.3) is 5.69 Å². The molecule has 0 fully saturated rings. The molecule has 1 rings (SSSR count). The summed E-state index contributed by atoms with van der Waals surface area (Å²) in [5, 5.41) is 22.9. The van der Waals surface area contributed by atoms with Crippen LogP contribution in [0.1, 0.15) is 35.7 Å². The van der Waals surface area contributed by atoms with Crippen LogP contribution in [-0.2, 0) is 6.54 Å². The molecule has 0 aromatic heterocycles. The van der Waals surface area contributed by atoms with Crippen LogP contribution in [0, 0.1) is 10.1 Å². The number of carbonyl (C=O) groups is 1. The Morgan fingerprint density at radius 2 is 2.22 bits per heavy atom. The standard InChI is InChI=1S/C12H16N2O4/c1-2-3-7-13-8-9-5-4-6-10(14(17)18)11(9)12(15)16/h4-6,13H,2-3,7-8H2,1H3,(H,15,16). The maximum atomic E-state index is 11.1. The number of carboxylic acids is 1. The number of hydrogen-bond acceptors (Lipinski definition) is 4. The third kappa shape index (κ3) is 3.53. The number of aromatic carboxylic acids is 1. The molecule has 0 aliphatic heterocycles. The third-order valence-corrected chi connectivity index (χ3v) is 2.56. The van der Waals surface area contributed by atoms with E-state index in [0.717, 1.165) is 19.4 Å². The maximum Gasteiger partial charge on any atom is 0.343 e. The van der Waals surface area contributed by atoms with E-state index in [4.69, 9.17) is 5.11 Å². The lowest BCUT2D eigenvalue weighted by molar-refractivity contribution is -0.385. The molecule has 0 heterocycles. The molecule has 0 aliphatic carbocycles. The molecule has 98 valence electrons. The molecule has 0 saturated carbocycles. The zero-order valence-electron chi connectivity index (χ0n) is 10.2. The molecule has 1 aromatic rings. The molecule has 6 nitrogen and oxygen atoms in total. The van der Waals surface area contributed by atoms with Crippen LogP contribution in [0.25, 0.3) is 0 Å². The number of carboxylic acid groups (broad SMARTS) is 1. The van der Waals surface area contributed by atoms with Gasteiger partial charge in [0, 0.05) is 12.6 Å². The second-order valence-corrected chi connectivity index (χ2v) is 3.90. The molecule has 1 aromatic carbocycles. The first-order chi connectivity index (χ1) is 8.57. The summed E-state index contributed by atoms with van der Waals surface area (Å²) >= 11 is 0. The van der Waals surface area contributed by atoms with Gasteiger partial charge in [-0.05, 0) is 18.5 Å². The molecule has 2 N–H and O–H groups in total. The first kappa shape index (κ1) is 14.1. The second-order valence-electron chi connectivity index (χ2n) is 3.90. The smallest absolute Gasteiger partial charge is 0.343 e. The summed E-state index contributed by atoms with van der Waals surface area (Å²) in [6.45, 7) is 3.14. The largest absolute Gasteiger partial charge is 0.477 e. The Labute approximate surface area is 105 Å². The Bertz CT molecular complexity index is 446. The predicted octanol–water partition coefficient (Wildman–Crippen LogP) is 2.18. The Morgan fingerprint density at radius 1 is 1.50 bits per heavy atom. The minimum Gasteiger partial charge on any atom is -0.477 e. The van der Waals surface area contributed by atoms with Crippen LogP contribution < -0.4 is 5.32 Å². The van der Waals surface area contributed by atoms with Gasteiger partial charge in [-0.3, -0.25) is 10.1 Å². The van der Waals surface area contributed by atoms with Gasteiger partial charge in [0.1, 0.15) is 5.56 Å². The van der Waals surface area contributed by atoms with E-state index in [1.54, 1.807) is 6.07 Å². The summed E-state index contributed by atoms with van der Waals surface area (Å²) in [5.74, 6) is -1.27. The molecular formula is C12H16N2O4. The summed E-state index contributed by atoms with van der Waals surface area (Å²) in [5.41, 5.74) is -0.156. The molecule has 0 atom stereocenters.